The normalized spacial score (nSPS) is 16.9. The van der Waals surface area contributed by atoms with Gasteiger partial charge in [-0.15, -0.1) is 0 Å². The summed E-state index contributed by atoms with van der Waals surface area (Å²) in [5.41, 5.74) is 8.04. The molecule has 1 amide bonds. The van der Waals surface area contributed by atoms with Gasteiger partial charge < -0.3 is 20.7 Å². The highest BCUT2D eigenvalue weighted by Gasteiger charge is 2.30. The third-order valence-electron chi connectivity index (χ3n) is 3.89. The van der Waals surface area contributed by atoms with Gasteiger partial charge in [-0.05, 0) is 45.7 Å². The number of nitrogens with two attached hydrogens (primary N) is 1. The van der Waals surface area contributed by atoms with Gasteiger partial charge >= 0.3 is 6.09 Å². The number of nitrogens with one attached hydrogen (secondary N) is 1. The predicted molar refractivity (Wildman–Crippen MR) is 89.2 cm³/mol. The van der Waals surface area contributed by atoms with Crippen molar-refractivity contribution in [2.45, 2.75) is 51.8 Å². The van der Waals surface area contributed by atoms with Gasteiger partial charge in [0.1, 0.15) is 5.60 Å². The maximum absolute atomic E-state index is 12.0. The molecule has 1 aliphatic rings. The Morgan fingerprint density at radius 3 is 2.73 bits per heavy atom. The SMILES string of the molecule is CC(NC(=O)OC(C)(C)C)C(CN)N1CCc2ccccc21. The molecule has 122 valence electrons. The zero-order chi connectivity index (χ0) is 16.3. The van der Waals surface area contributed by atoms with Gasteiger partial charge in [0, 0.05) is 18.8 Å². The van der Waals surface area contributed by atoms with Crippen LogP contribution in [0.1, 0.15) is 33.3 Å². The molecule has 0 aliphatic carbocycles. The van der Waals surface area contributed by atoms with Crippen LogP contribution in [0, 0.1) is 0 Å². The van der Waals surface area contributed by atoms with Crippen molar-refractivity contribution in [2.75, 3.05) is 18.0 Å². The maximum Gasteiger partial charge on any atom is 0.407 e. The summed E-state index contributed by atoms with van der Waals surface area (Å²) in [6, 6.07) is 8.32. The molecular weight excluding hydrogens is 278 g/mol. The molecule has 1 aliphatic heterocycles. The first-order chi connectivity index (χ1) is 10.3. The van der Waals surface area contributed by atoms with E-state index in [0.29, 0.717) is 6.54 Å². The molecule has 1 heterocycles. The number of hydrogen-bond donors (Lipinski definition) is 2. The highest BCUT2D eigenvalue weighted by molar-refractivity contribution is 5.68. The van der Waals surface area contributed by atoms with Crippen molar-refractivity contribution < 1.29 is 9.53 Å². The summed E-state index contributed by atoms with van der Waals surface area (Å²) in [5.74, 6) is 0. The molecular formula is C17H27N3O2. The Labute approximate surface area is 132 Å². The van der Waals surface area contributed by atoms with Crippen molar-refractivity contribution in [2.24, 2.45) is 5.73 Å². The monoisotopic (exact) mass is 305 g/mol. The second kappa shape index (κ2) is 6.57. The van der Waals surface area contributed by atoms with Crippen LogP contribution in [-0.4, -0.2) is 36.9 Å². The van der Waals surface area contributed by atoms with E-state index in [1.807, 2.05) is 33.8 Å². The number of fused-ring (bicyclic) bond motifs is 1. The van der Waals surface area contributed by atoms with E-state index in [0.717, 1.165) is 13.0 Å². The van der Waals surface area contributed by atoms with E-state index in [-0.39, 0.29) is 12.1 Å². The minimum atomic E-state index is -0.498. The molecule has 2 rings (SSSR count). The van der Waals surface area contributed by atoms with Gasteiger partial charge in [0.25, 0.3) is 0 Å². The zero-order valence-corrected chi connectivity index (χ0v) is 13.9. The number of nitrogens with zero attached hydrogens (tertiary/aromatic N) is 1. The number of ether oxygens (including phenoxy) is 1. The molecule has 0 saturated heterocycles. The molecule has 5 heteroatoms. The number of carbonyl (C=O) groups excluding carboxylic acids is 1. The van der Waals surface area contributed by atoms with E-state index < -0.39 is 11.7 Å². The highest BCUT2D eigenvalue weighted by Crippen LogP contribution is 2.29. The van der Waals surface area contributed by atoms with Crippen molar-refractivity contribution >= 4 is 11.8 Å². The van der Waals surface area contributed by atoms with Gasteiger partial charge in [-0.25, -0.2) is 4.79 Å². The van der Waals surface area contributed by atoms with Gasteiger partial charge in [0.15, 0.2) is 0 Å². The summed E-state index contributed by atoms with van der Waals surface area (Å²) in [7, 11) is 0. The summed E-state index contributed by atoms with van der Waals surface area (Å²) < 4.78 is 5.33. The lowest BCUT2D eigenvalue weighted by molar-refractivity contribution is 0.0502. The van der Waals surface area contributed by atoms with Crippen LogP contribution in [-0.2, 0) is 11.2 Å². The van der Waals surface area contributed by atoms with Crippen molar-refractivity contribution in [3.8, 4) is 0 Å². The fourth-order valence-electron chi connectivity index (χ4n) is 2.90. The minimum absolute atomic E-state index is 0.0520. The van der Waals surface area contributed by atoms with Gasteiger partial charge in [0.2, 0.25) is 0 Å². The average molecular weight is 305 g/mol. The number of benzene rings is 1. The number of alkyl carbamates (subject to hydrolysis) is 1. The van der Waals surface area contributed by atoms with Crippen molar-refractivity contribution in [3.05, 3.63) is 29.8 Å². The number of anilines is 1. The van der Waals surface area contributed by atoms with Crippen LogP contribution in [0.3, 0.4) is 0 Å². The molecule has 0 saturated carbocycles. The lowest BCUT2D eigenvalue weighted by Gasteiger charge is -2.34. The Kier molecular flexibility index (Phi) is 4.96. The summed E-state index contributed by atoms with van der Waals surface area (Å²) in [5, 5.41) is 2.91. The van der Waals surface area contributed by atoms with Gasteiger partial charge in [-0.1, -0.05) is 18.2 Å². The molecule has 2 atom stereocenters. The van der Waals surface area contributed by atoms with Crippen LogP contribution < -0.4 is 16.0 Å². The van der Waals surface area contributed by atoms with E-state index in [1.165, 1.54) is 11.3 Å². The van der Waals surface area contributed by atoms with E-state index in [2.05, 4.69) is 28.4 Å². The van der Waals surface area contributed by atoms with Crippen LogP contribution in [0.4, 0.5) is 10.5 Å². The third-order valence-corrected chi connectivity index (χ3v) is 3.89. The molecule has 0 bridgehead atoms. The Bertz CT molecular complexity index is 525. The van der Waals surface area contributed by atoms with E-state index in [9.17, 15) is 4.79 Å². The molecule has 0 spiro atoms. The third kappa shape index (κ3) is 3.91. The molecule has 3 N–H and O–H groups in total. The number of rotatable bonds is 4. The molecule has 0 radical (unpaired) electrons. The Morgan fingerprint density at radius 2 is 2.09 bits per heavy atom. The van der Waals surface area contributed by atoms with Gasteiger partial charge in [-0.3, -0.25) is 0 Å². The largest absolute Gasteiger partial charge is 0.444 e. The lowest BCUT2D eigenvalue weighted by Crippen LogP contribution is -2.54. The Hall–Kier alpha value is -1.75. The van der Waals surface area contributed by atoms with Crippen LogP contribution >= 0.6 is 0 Å². The standard InChI is InChI=1S/C17H27N3O2/c1-12(19-16(21)22-17(2,3)4)15(11-18)20-10-9-13-7-5-6-8-14(13)20/h5-8,12,15H,9-11,18H2,1-4H3,(H,19,21). The summed E-state index contributed by atoms with van der Waals surface area (Å²) >= 11 is 0. The van der Waals surface area contributed by atoms with Crippen LogP contribution in [0.15, 0.2) is 24.3 Å². The first kappa shape index (κ1) is 16.6. The number of hydrogen-bond acceptors (Lipinski definition) is 4. The van der Waals surface area contributed by atoms with E-state index in [1.54, 1.807) is 0 Å². The fourth-order valence-corrected chi connectivity index (χ4v) is 2.90. The summed E-state index contributed by atoms with van der Waals surface area (Å²) in [6.45, 7) is 8.95. The van der Waals surface area contributed by atoms with Crippen molar-refractivity contribution in [3.63, 3.8) is 0 Å². The van der Waals surface area contributed by atoms with E-state index >= 15 is 0 Å². The van der Waals surface area contributed by atoms with Crippen molar-refractivity contribution in [1.29, 1.82) is 0 Å². The molecule has 5 nitrogen and oxygen atoms in total. The number of carbonyl (C=O) groups is 1. The summed E-state index contributed by atoms with van der Waals surface area (Å²) in [4.78, 5) is 14.2. The molecule has 0 fully saturated rings. The smallest absolute Gasteiger partial charge is 0.407 e. The van der Waals surface area contributed by atoms with Crippen LogP contribution in [0.25, 0.3) is 0 Å². The minimum Gasteiger partial charge on any atom is -0.444 e. The van der Waals surface area contributed by atoms with Crippen molar-refractivity contribution in [1.82, 2.24) is 5.32 Å². The topological polar surface area (TPSA) is 67.6 Å². The molecule has 1 aromatic rings. The fraction of sp³-hybridized carbons (Fsp3) is 0.588. The Morgan fingerprint density at radius 1 is 1.41 bits per heavy atom. The summed E-state index contributed by atoms with van der Waals surface area (Å²) in [6.07, 6.45) is 0.622. The predicted octanol–water partition coefficient (Wildman–Crippen LogP) is 2.29. The second-order valence-corrected chi connectivity index (χ2v) is 6.81. The number of amides is 1. The molecule has 2 unspecified atom stereocenters. The highest BCUT2D eigenvalue weighted by atomic mass is 16.6. The average Bonchev–Trinajstić information content (AvgIpc) is 2.81. The quantitative estimate of drug-likeness (QED) is 0.895. The lowest BCUT2D eigenvalue weighted by atomic mass is 10.1. The van der Waals surface area contributed by atoms with E-state index in [4.69, 9.17) is 10.5 Å². The molecule has 1 aromatic carbocycles. The molecule has 22 heavy (non-hydrogen) atoms. The first-order valence-corrected chi connectivity index (χ1v) is 7.86. The number of para-hydroxylation sites is 1. The van der Waals surface area contributed by atoms with Gasteiger partial charge in [-0.2, -0.15) is 0 Å². The molecule has 0 aromatic heterocycles. The van der Waals surface area contributed by atoms with Gasteiger partial charge in [0.05, 0.1) is 12.1 Å². The maximum atomic E-state index is 12.0. The first-order valence-electron chi connectivity index (χ1n) is 7.86. The Balaban J connectivity index is 2.04. The second-order valence-electron chi connectivity index (χ2n) is 6.81. The van der Waals surface area contributed by atoms with Crippen LogP contribution in [0.5, 0.6) is 0 Å². The van der Waals surface area contributed by atoms with Crippen LogP contribution in [0.2, 0.25) is 0 Å². The zero-order valence-electron chi connectivity index (χ0n) is 13.9.